The van der Waals surface area contributed by atoms with Crippen molar-refractivity contribution in [2.45, 2.75) is 85.0 Å². The second-order valence-electron chi connectivity index (χ2n) is 10.2. The molecule has 3 aromatic rings. The normalized spacial score (nSPS) is 11.4. The lowest BCUT2D eigenvalue weighted by Gasteiger charge is -2.16. The Kier molecular flexibility index (Phi) is 11.7. The van der Waals surface area contributed by atoms with E-state index in [2.05, 4.69) is 81.4 Å². The van der Waals surface area contributed by atoms with Gasteiger partial charge in [-0.2, -0.15) is 0 Å². The first-order chi connectivity index (χ1) is 17.6. The second-order valence-corrected chi connectivity index (χ2v) is 10.2. The molecule has 2 heteroatoms. The number of unbranched alkanes of at least 4 members (excludes halogenated alkanes) is 2. The van der Waals surface area contributed by atoms with Gasteiger partial charge in [0.15, 0.2) is 0 Å². The fraction of sp³-hybridized carbons (Fsp3) is 0.471. The maximum Gasteiger partial charge on any atom is 0.0481 e. The summed E-state index contributed by atoms with van der Waals surface area (Å²) in [6.07, 6.45) is 10.9. The van der Waals surface area contributed by atoms with E-state index in [0.29, 0.717) is 0 Å². The van der Waals surface area contributed by atoms with Crippen LogP contribution in [-0.4, -0.2) is 23.4 Å². The number of benzene rings is 3. The molecule has 194 valence electrons. The summed E-state index contributed by atoms with van der Waals surface area (Å²) in [5, 5.41) is 18.7. The quantitative estimate of drug-likeness (QED) is 0.218. The molecular formula is C34H46O2. The summed E-state index contributed by atoms with van der Waals surface area (Å²) >= 11 is 0. The van der Waals surface area contributed by atoms with Crippen LogP contribution in [-0.2, 0) is 38.5 Å². The van der Waals surface area contributed by atoms with Crippen LogP contribution in [0.2, 0.25) is 0 Å². The molecular weight excluding hydrogens is 440 g/mol. The van der Waals surface area contributed by atoms with Crippen molar-refractivity contribution < 1.29 is 10.2 Å². The number of aliphatic hydroxyl groups is 2. The zero-order valence-electron chi connectivity index (χ0n) is 22.7. The van der Waals surface area contributed by atoms with Crippen molar-refractivity contribution in [3.63, 3.8) is 0 Å². The molecule has 0 unspecified atom stereocenters. The summed E-state index contributed by atoms with van der Waals surface area (Å²) in [5.74, 6) is -0.0299. The van der Waals surface area contributed by atoms with E-state index in [0.717, 1.165) is 38.5 Å². The number of rotatable bonds is 15. The number of hydrogen-bond acceptors (Lipinski definition) is 2. The van der Waals surface area contributed by atoms with Crippen molar-refractivity contribution in [3.8, 4) is 11.1 Å². The molecule has 0 bridgehead atoms. The van der Waals surface area contributed by atoms with Crippen molar-refractivity contribution in [2.75, 3.05) is 13.2 Å². The van der Waals surface area contributed by atoms with E-state index in [-0.39, 0.29) is 19.1 Å². The van der Waals surface area contributed by atoms with Crippen LogP contribution in [0.3, 0.4) is 0 Å². The Hall–Kier alpha value is -2.42. The van der Waals surface area contributed by atoms with Crippen LogP contribution in [0.1, 0.15) is 79.8 Å². The van der Waals surface area contributed by atoms with Crippen molar-refractivity contribution in [1.82, 2.24) is 0 Å². The van der Waals surface area contributed by atoms with E-state index in [1.165, 1.54) is 70.2 Å². The summed E-state index contributed by atoms with van der Waals surface area (Å²) in [6, 6.07) is 23.1. The average Bonchev–Trinajstić information content (AvgIpc) is 2.93. The number of hydrogen-bond donors (Lipinski definition) is 2. The minimum atomic E-state index is -0.0299. The molecule has 0 fully saturated rings. The van der Waals surface area contributed by atoms with Gasteiger partial charge in [-0.3, -0.25) is 0 Å². The average molecular weight is 487 g/mol. The Morgan fingerprint density at radius 3 is 1.53 bits per heavy atom. The highest BCUT2D eigenvalue weighted by Gasteiger charge is 2.12. The second kappa shape index (κ2) is 15.0. The molecule has 0 spiro atoms. The Morgan fingerprint density at radius 2 is 1.03 bits per heavy atom. The maximum absolute atomic E-state index is 9.37. The summed E-state index contributed by atoms with van der Waals surface area (Å²) in [4.78, 5) is 0. The summed E-state index contributed by atoms with van der Waals surface area (Å²) < 4.78 is 0. The lowest BCUT2D eigenvalue weighted by atomic mass is 9.89. The third kappa shape index (κ3) is 8.05. The van der Waals surface area contributed by atoms with Crippen molar-refractivity contribution >= 4 is 0 Å². The highest BCUT2D eigenvalue weighted by Crippen LogP contribution is 2.30. The van der Waals surface area contributed by atoms with E-state index in [9.17, 15) is 10.2 Å². The predicted octanol–water partition coefficient (Wildman–Crippen LogP) is 7.53. The van der Waals surface area contributed by atoms with E-state index in [1.54, 1.807) is 0 Å². The van der Waals surface area contributed by atoms with Gasteiger partial charge in [-0.25, -0.2) is 0 Å². The molecule has 0 aliphatic rings. The van der Waals surface area contributed by atoms with Gasteiger partial charge in [0.2, 0.25) is 0 Å². The zero-order valence-corrected chi connectivity index (χ0v) is 22.7. The van der Waals surface area contributed by atoms with Gasteiger partial charge in [0.1, 0.15) is 0 Å². The standard InChI is InChI=1S/C34H46O2/c1-4-7-8-9-26-10-12-27(13-11-26)14-15-28-18-20-33(31(5-2)22-28)34-21-19-29(23-32(34)6-3)16-17-30(24-35)25-36/h10-13,18-23,30,35-36H,4-9,14-17,24-25H2,1-3H3. The summed E-state index contributed by atoms with van der Waals surface area (Å²) in [5.41, 5.74) is 11.1. The lowest BCUT2D eigenvalue weighted by Crippen LogP contribution is -2.12. The molecule has 3 aromatic carbocycles. The molecule has 0 aromatic heterocycles. The third-order valence-electron chi connectivity index (χ3n) is 7.54. The molecule has 3 rings (SSSR count). The topological polar surface area (TPSA) is 40.5 Å². The van der Waals surface area contributed by atoms with Crippen LogP contribution in [0.5, 0.6) is 0 Å². The van der Waals surface area contributed by atoms with Crippen LogP contribution in [0.15, 0.2) is 60.7 Å². The Balaban J connectivity index is 1.68. The third-order valence-corrected chi connectivity index (χ3v) is 7.54. The highest BCUT2D eigenvalue weighted by atomic mass is 16.3. The number of aliphatic hydroxyl groups excluding tert-OH is 2. The molecule has 0 aliphatic heterocycles. The molecule has 36 heavy (non-hydrogen) atoms. The number of aryl methyl sites for hydroxylation is 6. The fourth-order valence-electron chi connectivity index (χ4n) is 5.07. The van der Waals surface area contributed by atoms with Gasteiger partial charge in [0.25, 0.3) is 0 Å². The van der Waals surface area contributed by atoms with Gasteiger partial charge >= 0.3 is 0 Å². The maximum atomic E-state index is 9.37. The van der Waals surface area contributed by atoms with Crippen molar-refractivity contribution in [2.24, 2.45) is 5.92 Å². The molecule has 0 aliphatic carbocycles. The SMILES string of the molecule is CCCCCc1ccc(CCc2ccc(-c3ccc(CCC(CO)CO)cc3CC)c(CC)c2)cc1. The predicted molar refractivity (Wildman–Crippen MR) is 154 cm³/mol. The molecule has 0 saturated carbocycles. The molecule has 2 nitrogen and oxygen atoms in total. The lowest BCUT2D eigenvalue weighted by molar-refractivity contribution is 0.144. The molecule has 0 heterocycles. The van der Waals surface area contributed by atoms with Gasteiger partial charge in [-0.05, 0) is 95.9 Å². The van der Waals surface area contributed by atoms with E-state index in [4.69, 9.17) is 0 Å². The van der Waals surface area contributed by atoms with Crippen LogP contribution >= 0.6 is 0 Å². The zero-order chi connectivity index (χ0) is 25.8. The van der Waals surface area contributed by atoms with E-state index >= 15 is 0 Å². The van der Waals surface area contributed by atoms with Crippen LogP contribution in [0.25, 0.3) is 11.1 Å². The minimum absolute atomic E-state index is 0.0299. The first-order valence-corrected chi connectivity index (χ1v) is 14.1. The van der Waals surface area contributed by atoms with Crippen LogP contribution in [0.4, 0.5) is 0 Å². The Bertz CT molecular complexity index is 1050. The summed E-state index contributed by atoms with van der Waals surface area (Å²) in [6.45, 7) is 6.83. The molecule has 0 atom stereocenters. The molecule has 0 radical (unpaired) electrons. The molecule has 0 saturated heterocycles. The van der Waals surface area contributed by atoms with E-state index < -0.39 is 0 Å². The highest BCUT2D eigenvalue weighted by molar-refractivity contribution is 5.71. The van der Waals surface area contributed by atoms with Gasteiger partial charge in [0.05, 0.1) is 0 Å². The van der Waals surface area contributed by atoms with Gasteiger partial charge in [-0.15, -0.1) is 0 Å². The van der Waals surface area contributed by atoms with E-state index in [1.807, 2.05) is 0 Å². The van der Waals surface area contributed by atoms with Gasteiger partial charge < -0.3 is 10.2 Å². The van der Waals surface area contributed by atoms with Gasteiger partial charge in [0, 0.05) is 19.1 Å². The smallest absolute Gasteiger partial charge is 0.0481 e. The Morgan fingerprint density at radius 1 is 0.556 bits per heavy atom. The van der Waals surface area contributed by atoms with Crippen molar-refractivity contribution in [1.29, 1.82) is 0 Å². The monoisotopic (exact) mass is 486 g/mol. The minimum Gasteiger partial charge on any atom is -0.396 e. The first kappa shape index (κ1) is 28.2. The Labute approximate surface area is 219 Å². The first-order valence-electron chi connectivity index (χ1n) is 14.1. The van der Waals surface area contributed by atoms with Gasteiger partial charge in [-0.1, -0.05) is 94.3 Å². The molecule has 2 N–H and O–H groups in total. The van der Waals surface area contributed by atoms with Crippen molar-refractivity contribution in [3.05, 3.63) is 94.0 Å². The van der Waals surface area contributed by atoms with Crippen LogP contribution < -0.4 is 0 Å². The largest absolute Gasteiger partial charge is 0.396 e. The fourth-order valence-corrected chi connectivity index (χ4v) is 5.07. The molecule has 0 amide bonds. The summed E-state index contributed by atoms with van der Waals surface area (Å²) in [7, 11) is 0. The van der Waals surface area contributed by atoms with Crippen LogP contribution in [0, 0.1) is 5.92 Å².